The first kappa shape index (κ1) is 10.4. The van der Waals surface area contributed by atoms with E-state index in [-0.39, 0.29) is 0 Å². The van der Waals surface area contributed by atoms with Crippen LogP contribution in [0.1, 0.15) is 39.0 Å². The lowest BCUT2D eigenvalue weighted by Gasteiger charge is -2.34. The summed E-state index contributed by atoms with van der Waals surface area (Å²) in [5, 5.41) is 3.45. The summed E-state index contributed by atoms with van der Waals surface area (Å²) in [5.74, 6) is 1.05. The normalized spacial score (nSPS) is 24.4. The fraction of sp³-hybridized carbons (Fsp3) is 1.00. The fourth-order valence-electron chi connectivity index (χ4n) is 2.51. The summed E-state index contributed by atoms with van der Waals surface area (Å²) in [6.07, 6.45) is 7.03. The highest BCUT2D eigenvalue weighted by atomic mass is 15.2. The molecule has 0 aromatic heterocycles. The van der Waals surface area contributed by atoms with Crippen molar-refractivity contribution in [2.24, 2.45) is 5.92 Å². The molecule has 2 nitrogen and oxygen atoms in total. The topological polar surface area (TPSA) is 15.3 Å². The number of nitrogens with zero attached hydrogens (tertiary/aromatic N) is 1. The smallest absolute Gasteiger partial charge is 0.0119 e. The monoisotopic (exact) mass is 196 g/mol. The van der Waals surface area contributed by atoms with E-state index < -0.39 is 0 Å². The van der Waals surface area contributed by atoms with E-state index in [9.17, 15) is 0 Å². The average molecular weight is 196 g/mol. The maximum atomic E-state index is 3.45. The van der Waals surface area contributed by atoms with Gasteiger partial charge in [0.2, 0.25) is 0 Å². The number of rotatable bonds is 5. The molecule has 2 aliphatic rings. The number of piperidine rings is 1. The van der Waals surface area contributed by atoms with Gasteiger partial charge in [0.05, 0.1) is 0 Å². The summed E-state index contributed by atoms with van der Waals surface area (Å²) in [4.78, 5) is 2.76. The molecule has 0 atom stereocenters. The Morgan fingerprint density at radius 2 is 1.86 bits per heavy atom. The minimum atomic E-state index is 0.886. The lowest BCUT2D eigenvalue weighted by atomic mass is 10.0. The molecule has 1 saturated carbocycles. The lowest BCUT2D eigenvalue weighted by Crippen LogP contribution is -2.44. The van der Waals surface area contributed by atoms with Crippen molar-refractivity contribution >= 4 is 0 Å². The van der Waals surface area contributed by atoms with E-state index in [4.69, 9.17) is 0 Å². The van der Waals surface area contributed by atoms with Gasteiger partial charge in [-0.25, -0.2) is 0 Å². The van der Waals surface area contributed by atoms with E-state index in [1.807, 2.05) is 0 Å². The molecule has 82 valence electrons. The molecular weight excluding hydrogens is 172 g/mol. The molecule has 1 heterocycles. The van der Waals surface area contributed by atoms with Crippen LogP contribution in [0.25, 0.3) is 0 Å². The molecule has 0 aromatic carbocycles. The van der Waals surface area contributed by atoms with Gasteiger partial charge in [-0.05, 0) is 57.7 Å². The van der Waals surface area contributed by atoms with E-state index >= 15 is 0 Å². The Balaban J connectivity index is 1.79. The molecule has 0 aromatic rings. The van der Waals surface area contributed by atoms with Crippen LogP contribution >= 0.6 is 0 Å². The predicted octanol–water partition coefficient (Wildman–Crippen LogP) is 1.86. The standard InChI is InChI=1S/C12H24N2/c1-2-9-14(10-11-3-4-11)12-5-7-13-8-6-12/h11-13H,2-10H2,1H3. The van der Waals surface area contributed by atoms with Gasteiger partial charge in [0.25, 0.3) is 0 Å². The largest absolute Gasteiger partial charge is 0.317 e. The van der Waals surface area contributed by atoms with Crippen molar-refractivity contribution in [1.29, 1.82) is 0 Å². The first-order valence-corrected chi connectivity index (χ1v) is 6.35. The lowest BCUT2D eigenvalue weighted by molar-refractivity contribution is 0.155. The van der Waals surface area contributed by atoms with Crippen LogP contribution in [0.4, 0.5) is 0 Å². The first-order valence-electron chi connectivity index (χ1n) is 6.35. The molecule has 1 aliphatic carbocycles. The van der Waals surface area contributed by atoms with E-state index in [0.717, 1.165) is 12.0 Å². The third kappa shape index (κ3) is 2.96. The molecule has 1 saturated heterocycles. The van der Waals surface area contributed by atoms with E-state index in [1.165, 1.54) is 58.3 Å². The van der Waals surface area contributed by atoms with Gasteiger partial charge < -0.3 is 10.2 Å². The molecule has 0 bridgehead atoms. The molecular formula is C12H24N2. The summed E-state index contributed by atoms with van der Waals surface area (Å²) in [5.41, 5.74) is 0. The highest BCUT2D eigenvalue weighted by Gasteiger charge is 2.28. The van der Waals surface area contributed by atoms with Crippen LogP contribution in [0.5, 0.6) is 0 Å². The summed E-state index contributed by atoms with van der Waals surface area (Å²) in [7, 11) is 0. The van der Waals surface area contributed by atoms with Crippen LogP contribution in [0.3, 0.4) is 0 Å². The van der Waals surface area contributed by atoms with Crippen LogP contribution in [0.15, 0.2) is 0 Å². The van der Waals surface area contributed by atoms with Gasteiger partial charge in [-0.15, -0.1) is 0 Å². The summed E-state index contributed by atoms with van der Waals surface area (Å²) in [6, 6.07) is 0.886. The molecule has 2 heteroatoms. The van der Waals surface area contributed by atoms with Crippen LogP contribution in [-0.4, -0.2) is 37.1 Å². The quantitative estimate of drug-likeness (QED) is 0.722. The SMILES string of the molecule is CCCN(CC1CC1)C1CCNCC1. The first-order chi connectivity index (χ1) is 6.90. The van der Waals surface area contributed by atoms with Crippen molar-refractivity contribution in [3.05, 3.63) is 0 Å². The zero-order valence-electron chi connectivity index (χ0n) is 9.47. The number of hydrogen-bond acceptors (Lipinski definition) is 2. The zero-order valence-corrected chi connectivity index (χ0v) is 9.47. The van der Waals surface area contributed by atoms with Crippen LogP contribution in [-0.2, 0) is 0 Å². The second kappa shape index (κ2) is 5.13. The van der Waals surface area contributed by atoms with Crippen molar-refractivity contribution in [2.45, 2.75) is 45.1 Å². The third-order valence-corrected chi connectivity index (χ3v) is 3.53. The van der Waals surface area contributed by atoms with E-state index in [0.29, 0.717) is 0 Å². The molecule has 1 aliphatic heterocycles. The van der Waals surface area contributed by atoms with Crippen LogP contribution < -0.4 is 5.32 Å². The van der Waals surface area contributed by atoms with Gasteiger partial charge in [-0.1, -0.05) is 6.92 Å². The molecule has 0 unspecified atom stereocenters. The molecule has 14 heavy (non-hydrogen) atoms. The minimum Gasteiger partial charge on any atom is -0.317 e. The Morgan fingerprint density at radius 1 is 1.14 bits per heavy atom. The molecule has 2 fully saturated rings. The molecule has 0 spiro atoms. The van der Waals surface area contributed by atoms with Gasteiger partial charge in [-0.3, -0.25) is 0 Å². The Labute approximate surface area is 88.1 Å². The van der Waals surface area contributed by atoms with Crippen molar-refractivity contribution in [3.63, 3.8) is 0 Å². The van der Waals surface area contributed by atoms with Crippen LogP contribution in [0, 0.1) is 5.92 Å². The maximum absolute atomic E-state index is 3.45. The Bertz CT molecular complexity index is 160. The van der Waals surface area contributed by atoms with Gasteiger partial charge in [0.1, 0.15) is 0 Å². The van der Waals surface area contributed by atoms with Gasteiger partial charge >= 0.3 is 0 Å². The molecule has 0 amide bonds. The average Bonchev–Trinajstić information content (AvgIpc) is 3.03. The van der Waals surface area contributed by atoms with E-state index in [2.05, 4.69) is 17.1 Å². The second-order valence-electron chi connectivity index (χ2n) is 4.92. The van der Waals surface area contributed by atoms with E-state index in [1.54, 1.807) is 0 Å². The molecule has 1 N–H and O–H groups in total. The van der Waals surface area contributed by atoms with Gasteiger partial charge in [0.15, 0.2) is 0 Å². The summed E-state index contributed by atoms with van der Waals surface area (Å²) in [6.45, 7) is 7.48. The van der Waals surface area contributed by atoms with Gasteiger partial charge in [0, 0.05) is 12.6 Å². The Morgan fingerprint density at radius 3 is 2.43 bits per heavy atom. The zero-order chi connectivity index (χ0) is 9.80. The summed E-state index contributed by atoms with van der Waals surface area (Å²) < 4.78 is 0. The van der Waals surface area contributed by atoms with Crippen molar-refractivity contribution in [3.8, 4) is 0 Å². The minimum absolute atomic E-state index is 0.886. The highest BCUT2D eigenvalue weighted by molar-refractivity contribution is 4.83. The van der Waals surface area contributed by atoms with Crippen LogP contribution in [0.2, 0.25) is 0 Å². The summed E-state index contributed by atoms with van der Waals surface area (Å²) >= 11 is 0. The maximum Gasteiger partial charge on any atom is 0.0119 e. The fourth-order valence-corrected chi connectivity index (χ4v) is 2.51. The number of nitrogens with one attached hydrogen (secondary N) is 1. The van der Waals surface area contributed by atoms with Crippen molar-refractivity contribution in [2.75, 3.05) is 26.2 Å². The molecule has 0 radical (unpaired) electrons. The Kier molecular flexibility index (Phi) is 3.82. The van der Waals surface area contributed by atoms with Gasteiger partial charge in [-0.2, -0.15) is 0 Å². The second-order valence-corrected chi connectivity index (χ2v) is 4.92. The number of hydrogen-bond donors (Lipinski definition) is 1. The Hall–Kier alpha value is -0.0800. The van der Waals surface area contributed by atoms with Crippen molar-refractivity contribution in [1.82, 2.24) is 10.2 Å². The highest BCUT2D eigenvalue weighted by Crippen LogP contribution is 2.31. The molecule has 2 rings (SSSR count). The third-order valence-electron chi connectivity index (χ3n) is 3.53. The van der Waals surface area contributed by atoms with Crippen molar-refractivity contribution < 1.29 is 0 Å². The predicted molar refractivity (Wildman–Crippen MR) is 60.5 cm³/mol.